The van der Waals surface area contributed by atoms with Crippen LogP contribution in [0.5, 0.6) is 0 Å². The van der Waals surface area contributed by atoms with Crippen LogP contribution in [0.2, 0.25) is 0 Å². The summed E-state index contributed by atoms with van der Waals surface area (Å²) >= 11 is 0. The van der Waals surface area contributed by atoms with Crippen molar-refractivity contribution in [2.45, 2.75) is 12.7 Å². The maximum atomic E-state index is 12.6. The van der Waals surface area contributed by atoms with Gasteiger partial charge in [-0.1, -0.05) is 18.2 Å². The quantitative estimate of drug-likeness (QED) is 0.243. The van der Waals surface area contributed by atoms with Crippen LogP contribution in [0.25, 0.3) is 11.4 Å². The van der Waals surface area contributed by atoms with E-state index in [4.69, 9.17) is 15.6 Å². The van der Waals surface area contributed by atoms with Crippen molar-refractivity contribution in [2.24, 2.45) is 5.73 Å². The number of aromatic nitrogens is 4. The molecule has 3 aromatic carbocycles. The van der Waals surface area contributed by atoms with Crippen molar-refractivity contribution in [2.75, 3.05) is 5.32 Å². The topological polar surface area (TPSA) is 176 Å². The Balaban J connectivity index is 0.000000505. The molecule has 0 unspecified atom stereocenters. The summed E-state index contributed by atoms with van der Waals surface area (Å²) in [4.78, 5) is 32.8. The first-order chi connectivity index (χ1) is 18.0. The molecule has 1 heterocycles. The highest BCUT2D eigenvalue weighted by Crippen LogP contribution is 2.21. The lowest BCUT2D eigenvalue weighted by Gasteiger charge is -2.10. The number of alkyl halides is 3. The Kier molecular flexibility index (Phi) is 8.71. The number of carboxylic acid groups (broad SMARTS) is 1. The molecule has 0 saturated heterocycles. The minimum Gasteiger partial charge on any atom is -0.475 e. The molecule has 14 heteroatoms. The first-order valence-corrected chi connectivity index (χ1v) is 10.7. The standard InChI is InChI=1S/C22H19N7O2.C2HF3O2/c23-20(30)16-4-1-3-14(11-16)13-24-22(31)17-5-2-6-19(12-17)25-18-9-7-15(8-10-18)21-26-28-29-27-21;3-2(4,5)1(6)7/h1-12,25H,13H2,(H2,23,30)(H,24,31)(H,26,27,28,29);(H,6,7). The molecule has 2 amide bonds. The van der Waals surface area contributed by atoms with Gasteiger partial charge >= 0.3 is 12.1 Å². The number of tetrazole rings is 1. The van der Waals surface area contributed by atoms with E-state index in [1.54, 1.807) is 36.4 Å². The van der Waals surface area contributed by atoms with Gasteiger partial charge in [0.1, 0.15) is 0 Å². The maximum absolute atomic E-state index is 12.6. The van der Waals surface area contributed by atoms with Crippen LogP contribution in [-0.2, 0) is 11.3 Å². The first-order valence-electron chi connectivity index (χ1n) is 10.7. The fraction of sp³-hybridized carbons (Fsp3) is 0.0833. The van der Waals surface area contributed by atoms with Gasteiger partial charge in [0, 0.05) is 34.6 Å². The van der Waals surface area contributed by atoms with Gasteiger partial charge in [-0.3, -0.25) is 9.59 Å². The normalized spacial score (nSPS) is 10.6. The summed E-state index contributed by atoms with van der Waals surface area (Å²) in [7, 11) is 0. The van der Waals surface area contributed by atoms with Crippen LogP contribution in [0.3, 0.4) is 0 Å². The Morgan fingerprint density at radius 3 is 2.18 bits per heavy atom. The average molecular weight is 527 g/mol. The number of halogens is 3. The molecule has 38 heavy (non-hydrogen) atoms. The number of H-pyrrole nitrogens is 1. The van der Waals surface area contributed by atoms with Gasteiger partial charge in [-0.25, -0.2) is 4.79 Å². The largest absolute Gasteiger partial charge is 0.490 e. The summed E-state index contributed by atoms with van der Waals surface area (Å²) < 4.78 is 31.7. The van der Waals surface area contributed by atoms with E-state index in [2.05, 4.69) is 31.3 Å². The number of nitrogens with two attached hydrogens (primary N) is 1. The fourth-order valence-corrected chi connectivity index (χ4v) is 3.01. The van der Waals surface area contributed by atoms with Gasteiger partial charge in [-0.05, 0) is 65.4 Å². The SMILES string of the molecule is NC(=O)c1cccc(CNC(=O)c2cccc(Nc3ccc(-c4nn[nH]n4)cc3)c2)c1.O=C(O)C(F)(F)F. The summed E-state index contributed by atoms with van der Waals surface area (Å²) in [5.41, 5.74) is 9.48. The minimum absolute atomic E-state index is 0.222. The highest BCUT2D eigenvalue weighted by Gasteiger charge is 2.38. The third-order valence-corrected chi connectivity index (χ3v) is 4.81. The van der Waals surface area contributed by atoms with E-state index in [-0.39, 0.29) is 12.5 Å². The van der Waals surface area contributed by atoms with Crippen molar-refractivity contribution in [3.63, 3.8) is 0 Å². The summed E-state index contributed by atoms with van der Waals surface area (Å²) in [5, 5.41) is 27.1. The van der Waals surface area contributed by atoms with Crippen molar-refractivity contribution in [1.29, 1.82) is 0 Å². The Morgan fingerprint density at radius 2 is 1.58 bits per heavy atom. The molecule has 1 aromatic heterocycles. The molecule has 0 radical (unpaired) electrons. The molecule has 0 aliphatic rings. The van der Waals surface area contributed by atoms with Gasteiger partial charge in [0.25, 0.3) is 5.91 Å². The summed E-state index contributed by atoms with van der Waals surface area (Å²) in [6, 6.07) is 21.6. The van der Waals surface area contributed by atoms with Crippen molar-refractivity contribution < 1.29 is 32.7 Å². The van der Waals surface area contributed by atoms with E-state index in [1.807, 2.05) is 36.4 Å². The van der Waals surface area contributed by atoms with Gasteiger partial charge in [-0.15, -0.1) is 10.2 Å². The maximum Gasteiger partial charge on any atom is 0.490 e. The molecule has 4 aromatic rings. The Labute approximate surface area is 212 Å². The molecule has 0 bridgehead atoms. The molecule has 6 N–H and O–H groups in total. The molecule has 11 nitrogen and oxygen atoms in total. The van der Waals surface area contributed by atoms with Crippen LogP contribution in [0.1, 0.15) is 26.3 Å². The van der Waals surface area contributed by atoms with Gasteiger partial charge in [-0.2, -0.15) is 18.4 Å². The summed E-state index contributed by atoms with van der Waals surface area (Å²) in [6.07, 6.45) is -5.08. The predicted molar refractivity (Wildman–Crippen MR) is 129 cm³/mol. The highest BCUT2D eigenvalue weighted by molar-refractivity contribution is 5.95. The highest BCUT2D eigenvalue weighted by atomic mass is 19.4. The molecule has 0 aliphatic carbocycles. The molecular formula is C24H20F3N7O4. The lowest BCUT2D eigenvalue weighted by molar-refractivity contribution is -0.192. The second-order valence-electron chi connectivity index (χ2n) is 7.57. The van der Waals surface area contributed by atoms with Gasteiger partial charge < -0.3 is 21.5 Å². The number of amides is 2. The number of primary amides is 1. The van der Waals surface area contributed by atoms with Crippen molar-refractivity contribution in [3.05, 3.63) is 89.5 Å². The number of aliphatic carboxylic acids is 1. The predicted octanol–water partition coefficient (Wildman–Crippen LogP) is 3.27. The molecule has 0 atom stereocenters. The van der Waals surface area contributed by atoms with E-state index in [1.165, 1.54) is 0 Å². The molecule has 0 spiro atoms. The average Bonchev–Trinajstić information content (AvgIpc) is 3.43. The molecule has 4 rings (SSSR count). The number of carbonyl (C=O) groups excluding carboxylic acids is 2. The van der Waals surface area contributed by atoms with Crippen LogP contribution in [0.4, 0.5) is 24.5 Å². The zero-order valence-corrected chi connectivity index (χ0v) is 19.4. The van der Waals surface area contributed by atoms with Gasteiger partial charge in [0.2, 0.25) is 11.7 Å². The smallest absolute Gasteiger partial charge is 0.475 e. The number of carboxylic acids is 1. The van der Waals surface area contributed by atoms with Crippen molar-refractivity contribution in [1.82, 2.24) is 25.9 Å². The third kappa shape index (κ3) is 7.87. The lowest BCUT2D eigenvalue weighted by atomic mass is 10.1. The van der Waals surface area contributed by atoms with Crippen LogP contribution in [0, 0.1) is 0 Å². The van der Waals surface area contributed by atoms with E-state index >= 15 is 0 Å². The summed E-state index contributed by atoms with van der Waals surface area (Å²) in [6.45, 7) is 0.287. The molecular weight excluding hydrogens is 507 g/mol. The number of anilines is 2. The van der Waals surface area contributed by atoms with Gasteiger partial charge in [0.05, 0.1) is 0 Å². The van der Waals surface area contributed by atoms with Crippen LogP contribution in [-0.4, -0.2) is 49.7 Å². The fourth-order valence-electron chi connectivity index (χ4n) is 3.01. The zero-order chi connectivity index (χ0) is 27.7. The zero-order valence-electron chi connectivity index (χ0n) is 19.4. The molecule has 0 saturated carbocycles. The van der Waals surface area contributed by atoms with E-state index in [0.717, 1.165) is 22.5 Å². The summed E-state index contributed by atoms with van der Waals surface area (Å²) in [5.74, 6) is -2.96. The second-order valence-corrected chi connectivity index (χ2v) is 7.57. The number of nitrogens with zero attached hydrogens (tertiary/aromatic N) is 3. The van der Waals surface area contributed by atoms with Crippen LogP contribution in [0.15, 0.2) is 72.8 Å². The lowest BCUT2D eigenvalue weighted by Crippen LogP contribution is -2.23. The number of aromatic amines is 1. The second kappa shape index (κ2) is 12.1. The number of benzene rings is 3. The minimum atomic E-state index is -5.08. The van der Waals surface area contributed by atoms with Crippen LogP contribution < -0.4 is 16.4 Å². The number of nitrogens with one attached hydrogen (secondary N) is 3. The number of carbonyl (C=O) groups is 3. The number of hydrogen-bond donors (Lipinski definition) is 5. The van der Waals surface area contributed by atoms with E-state index < -0.39 is 18.1 Å². The van der Waals surface area contributed by atoms with Crippen LogP contribution >= 0.6 is 0 Å². The Hall–Kier alpha value is -5.27. The van der Waals surface area contributed by atoms with E-state index in [0.29, 0.717) is 17.0 Å². The van der Waals surface area contributed by atoms with E-state index in [9.17, 15) is 22.8 Å². The molecule has 196 valence electrons. The Morgan fingerprint density at radius 1 is 0.921 bits per heavy atom. The van der Waals surface area contributed by atoms with Crippen molar-refractivity contribution in [3.8, 4) is 11.4 Å². The Bertz CT molecular complexity index is 1410. The molecule has 0 aliphatic heterocycles. The third-order valence-electron chi connectivity index (χ3n) is 4.81. The first kappa shape index (κ1) is 27.3. The van der Waals surface area contributed by atoms with Crippen molar-refractivity contribution >= 4 is 29.2 Å². The molecule has 0 fully saturated rings. The number of hydrogen-bond acceptors (Lipinski definition) is 7. The van der Waals surface area contributed by atoms with Gasteiger partial charge in [0.15, 0.2) is 0 Å². The number of rotatable bonds is 7. The monoisotopic (exact) mass is 527 g/mol.